The van der Waals surface area contributed by atoms with Crippen molar-refractivity contribution in [2.45, 2.75) is 23.6 Å². The van der Waals surface area contributed by atoms with Crippen LogP contribution in [0.25, 0.3) is 0 Å². The number of thioether (sulfide) groups is 1. The molecular formula is C16H16N2O2S3. The summed E-state index contributed by atoms with van der Waals surface area (Å²) < 4.78 is 12.0. The van der Waals surface area contributed by atoms with E-state index in [0.29, 0.717) is 6.61 Å². The Bertz CT molecular complexity index is 753. The molecule has 0 saturated heterocycles. The monoisotopic (exact) mass is 364 g/mol. The number of rotatable bonds is 7. The van der Waals surface area contributed by atoms with Gasteiger partial charge in [-0.3, -0.25) is 0 Å². The highest BCUT2D eigenvalue weighted by atomic mass is 32.2. The summed E-state index contributed by atoms with van der Waals surface area (Å²) in [6, 6.07) is 7.56. The molecule has 0 bridgehead atoms. The zero-order valence-corrected chi connectivity index (χ0v) is 15.3. The molecule has 120 valence electrons. The Morgan fingerprint density at radius 1 is 1.04 bits per heavy atom. The van der Waals surface area contributed by atoms with E-state index in [1.165, 1.54) is 0 Å². The minimum atomic E-state index is 0.484. The second kappa shape index (κ2) is 7.81. The van der Waals surface area contributed by atoms with Crippen LogP contribution in [-0.4, -0.2) is 17.1 Å². The molecule has 3 aromatic rings. The van der Waals surface area contributed by atoms with E-state index >= 15 is 0 Å². The lowest BCUT2D eigenvalue weighted by Crippen LogP contribution is -1.95. The molecule has 4 nitrogen and oxygen atoms in total. The average Bonchev–Trinajstić information content (AvgIpc) is 3.20. The first-order valence-electron chi connectivity index (χ1n) is 6.98. The smallest absolute Gasteiger partial charge is 0.150 e. The van der Waals surface area contributed by atoms with Crippen LogP contribution in [-0.2, 0) is 12.4 Å². The molecule has 23 heavy (non-hydrogen) atoms. The molecule has 0 unspecified atom stereocenters. The summed E-state index contributed by atoms with van der Waals surface area (Å²) in [7, 11) is 1.65. The summed E-state index contributed by atoms with van der Waals surface area (Å²) in [4.78, 5) is 9.05. The van der Waals surface area contributed by atoms with Crippen molar-refractivity contribution in [3.63, 3.8) is 0 Å². The summed E-state index contributed by atoms with van der Waals surface area (Å²) in [6.07, 6.45) is 0. The van der Waals surface area contributed by atoms with Gasteiger partial charge < -0.3 is 9.47 Å². The summed E-state index contributed by atoms with van der Waals surface area (Å²) in [5, 5.41) is 5.13. The number of thiazole rings is 2. The van der Waals surface area contributed by atoms with Crippen LogP contribution in [0.2, 0.25) is 0 Å². The number of ether oxygens (including phenoxy) is 2. The molecule has 0 fully saturated rings. The second-order valence-corrected chi connectivity index (χ2v) is 7.76. The molecule has 0 spiro atoms. The van der Waals surface area contributed by atoms with Gasteiger partial charge in [0.2, 0.25) is 0 Å². The van der Waals surface area contributed by atoms with Gasteiger partial charge in [0.25, 0.3) is 0 Å². The van der Waals surface area contributed by atoms with E-state index in [4.69, 9.17) is 9.47 Å². The minimum Gasteiger partial charge on any atom is -0.497 e. The Balaban J connectivity index is 1.50. The van der Waals surface area contributed by atoms with Crippen molar-refractivity contribution in [2.75, 3.05) is 7.11 Å². The average molecular weight is 365 g/mol. The Hall–Kier alpha value is -1.57. The first-order chi connectivity index (χ1) is 11.2. The fraction of sp³-hybridized carbons (Fsp3) is 0.250. The molecule has 0 saturated carbocycles. The Morgan fingerprint density at radius 2 is 1.83 bits per heavy atom. The topological polar surface area (TPSA) is 44.2 Å². The van der Waals surface area contributed by atoms with Crippen molar-refractivity contribution in [1.82, 2.24) is 9.97 Å². The van der Waals surface area contributed by atoms with Crippen LogP contribution in [0.3, 0.4) is 0 Å². The van der Waals surface area contributed by atoms with E-state index in [-0.39, 0.29) is 0 Å². The summed E-state index contributed by atoms with van der Waals surface area (Å²) >= 11 is 5.03. The SMILES string of the molecule is COc1ccc(OCc2nc(CSc3nc(C)cs3)cs2)cc1. The molecule has 0 aliphatic carbocycles. The predicted molar refractivity (Wildman–Crippen MR) is 95.9 cm³/mol. The van der Waals surface area contributed by atoms with E-state index < -0.39 is 0 Å². The molecule has 2 heterocycles. The molecule has 0 N–H and O–H groups in total. The predicted octanol–water partition coefficient (Wildman–Crippen LogP) is 4.79. The molecule has 0 atom stereocenters. The van der Waals surface area contributed by atoms with Crippen molar-refractivity contribution in [1.29, 1.82) is 0 Å². The quantitative estimate of drug-likeness (QED) is 0.564. The van der Waals surface area contributed by atoms with E-state index in [1.54, 1.807) is 41.5 Å². The van der Waals surface area contributed by atoms with Gasteiger partial charge in [-0.05, 0) is 31.2 Å². The summed E-state index contributed by atoms with van der Waals surface area (Å²) in [5.74, 6) is 2.48. The molecule has 0 aliphatic rings. The van der Waals surface area contributed by atoms with Gasteiger partial charge in [-0.15, -0.1) is 22.7 Å². The van der Waals surface area contributed by atoms with Gasteiger partial charge in [0.15, 0.2) is 0 Å². The largest absolute Gasteiger partial charge is 0.497 e. The van der Waals surface area contributed by atoms with E-state index in [9.17, 15) is 0 Å². The van der Waals surface area contributed by atoms with Gasteiger partial charge in [-0.25, -0.2) is 9.97 Å². The standard InChI is InChI=1S/C16H16N2O2S3/c1-11-8-22-16(17-11)23-10-12-9-21-15(18-12)7-20-14-5-3-13(19-2)4-6-14/h3-6,8-9H,7,10H2,1-2H3. The zero-order valence-electron chi connectivity index (χ0n) is 12.8. The summed E-state index contributed by atoms with van der Waals surface area (Å²) in [6.45, 7) is 2.50. The molecule has 7 heteroatoms. The minimum absolute atomic E-state index is 0.484. The third kappa shape index (κ3) is 4.70. The van der Waals surface area contributed by atoms with Crippen molar-refractivity contribution < 1.29 is 9.47 Å². The highest BCUT2D eigenvalue weighted by molar-refractivity contribution is 8.00. The van der Waals surface area contributed by atoms with Crippen LogP contribution < -0.4 is 9.47 Å². The fourth-order valence-corrected chi connectivity index (χ4v) is 4.39. The van der Waals surface area contributed by atoms with E-state index in [2.05, 4.69) is 20.7 Å². The number of aromatic nitrogens is 2. The maximum atomic E-state index is 5.75. The Morgan fingerprint density at radius 3 is 2.52 bits per heavy atom. The van der Waals surface area contributed by atoms with Gasteiger partial charge in [-0.2, -0.15) is 0 Å². The first-order valence-corrected chi connectivity index (χ1v) is 9.72. The maximum Gasteiger partial charge on any atom is 0.150 e. The van der Waals surface area contributed by atoms with Crippen LogP contribution >= 0.6 is 34.4 Å². The maximum absolute atomic E-state index is 5.75. The summed E-state index contributed by atoms with van der Waals surface area (Å²) in [5.41, 5.74) is 2.14. The van der Waals surface area contributed by atoms with Crippen molar-refractivity contribution in [2.24, 2.45) is 0 Å². The lowest BCUT2D eigenvalue weighted by molar-refractivity contribution is 0.304. The number of hydrogen-bond donors (Lipinski definition) is 0. The molecular weight excluding hydrogens is 348 g/mol. The highest BCUT2D eigenvalue weighted by Gasteiger charge is 2.06. The number of methoxy groups -OCH3 is 1. The molecule has 0 aliphatic heterocycles. The van der Waals surface area contributed by atoms with Gasteiger partial charge in [0.05, 0.1) is 12.8 Å². The molecule has 0 amide bonds. The number of benzene rings is 1. The number of aryl methyl sites for hydroxylation is 1. The van der Waals surface area contributed by atoms with Gasteiger partial charge in [0, 0.05) is 22.2 Å². The first kappa shape index (κ1) is 16.3. The number of nitrogens with zero attached hydrogens (tertiary/aromatic N) is 2. The van der Waals surface area contributed by atoms with Crippen LogP contribution in [0.4, 0.5) is 0 Å². The fourth-order valence-electron chi connectivity index (χ4n) is 1.83. The lowest BCUT2D eigenvalue weighted by Gasteiger charge is -2.05. The van der Waals surface area contributed by atoms with Crippen LogP contribution in [0.5, 0.6) is 11.5 Å². The van der Waals surface area contributed by atoms with Crippen molar-refractivity contribution >= 4 is 34.4 Å². The normalized spacial score (nSPS) is 10.7. The van der Waals surface area contributed by atoms with Crippen molar-refractivity contribution in [3.8, 4) is 11.5 Å². The van der Waals surface area contributed by atoms with E-state index in [0.717, 1.165) is 38.0 Å². The molecule has 3 rings (SSSR count). The van der Waals surface area contributed by atoms with E-state index in [1.807, 2.05) is 31.2 Å². The van der Waals surface area contributed by atoms with Crippen LogP contribution in [0, 0.1) is 6.92 Å². The third-order valence-corrected chi connectivity index (χ3v) is 6.01. The molecule has 2 aromatic heterocycles. The van der Waals surface area contributed by atoms with Crippen LogP contribution in [0.1, 0.15) is 16.4 Å². The lowest BCUT2D eigenvalue weighted by atomic mass is 10.3. The Labute approximate surface area is 147 Å². The third-order valence-electron chi connectivity index (χ3n) is 2.96. The second-order valence-electron chi connectivity index (χ2n) is 4.74. The number of hydrogen-bond acceptors (Lipinski definition) is 7. The molecule has 0 radical (unpaired) electrons. The van der Waals surface area contributed by atoms with Gasteiger partial charge in [-0.1, -0.05) is 11.8 Å². The van der Waals surface area contributed by atoms with Gasteiger partial charge >= 0.3 is 0 Å². The highest BCUT2D eigenvalue weighted by Crippen LogP contribution is 2.27. The van der Waals surface area contributed by atoms with Crippen molar-refractivity contribution in [3.05, 3.63) is 51.4 Å². The zero-order chi connectivity index (χ0) is 16.1. The van der Waals surface area contributed by atoms with Gasteiger partial charge in [0.1, 0.15) is 27.5 Å². The molecule has 1 aromatic carbocycles. The van der Waals surface area contributed by atoms with Crippen LogP contribution in [0.15, 0.2) is 39.4 Å². The Kier molecular flexibility index (Phi) is 5.53.